The van der Waals surface area contributed by atoms with Crippen molar-refractivity contribution in [1.82, 2.24) is 9.62 Å². The predicted octanol–water partition coefficient (Wildman–Crippen LogP) is 3.36. The predicted molar refractivity (Wildman–Crippen MR) is 119 cm³/mol. The summed E-state index contributed by atoms with van der Waals surface area (Å²) in [5.74, 6) is -1.51. The van der Waals surface area contributed by atoms with Crippen molar-refractivity contribution in [3.05, 3.63) is 107 Å². The Hall–Kier alpha value is -3.91. The third kappa shape index (κ3) is 3.76. The maximum atomic E-state index is 13.2. The van der Waals surface area contributed by atoms with Gasteiger partial charge < -0.3 is 10.4 Å². The van der Waals surface area contributed by atoms with Crippen LogP contribution < -0.4 is 5.32 Å². The Balaban J connectivity index is 1.65. The van der Waals surface area contributed by atoms with Crippen molar-refractivity contribution in [1.29, 1.82) is 0 Å². The van der Waals surface area contributed by atoms with E-state index in [0.717, 1.165) is 9.87 Å². The second-order valence-electron chi connectivity index (χ2n) is 7.24. The van der Waals surface area contributed by atoms with E-state index in [1.54, 1.807) is 18.2 Å². The highest BCUT2D eigenvalue weighted by Crippen LogP contribution is 2.35. The number of rotatable bonds is 5. The van der Waals surface area contributed by atoms with Crippen LogP contribution in [0.25, 0.3) is 5.76 Å². The Morgan fingerprint density at radius 1 is 0.906 bits per heavy atom. The highest BCUT2D eigenvalue weighted by atomic mass is 32.2. The normalized spacial score (nSPS) is 14.6. The number of sulfonamides is 1. The molecular weight excluding hydrogens is 428 g/mol. The van der Waals surface area contributed by atoms with Crippen molar-refractivity contribution in [2.24, 2.45) is 0 Å². The Morgan fingerprint density at radius 3 is 2.31 bits per heavy atom. The summed E-state index contributed by atoms with van der Waals surface area (Å²) in [4.78, 5) is 25.7. The van der Waals surface area contributed by atoms with Gasteiger partial charge in [0.15, 0.2) is 5.76 Å². The van der Waals surface area contributed by atoms with E-state index >= 15 is 0 Å². The van der Waals surface area contributed by atoms with Gasteiger partial charge in [-0.3, -0.25) is 13.9 Å². The summed E-state index contributed by atoms with van der Waals surface area (Å²) in [5.41, 5.74) is 0.945. The van der Waals surface area contributed by atoms with Crippen LogP contribution in [0.1, 0.15) is 31.8 Å². The van der Waals surface area contributed by atoms with Gasteiger partial charge in [0.25, 0.3) is 15.9 Å². The minimum atomic E-state index is -4.01. The van der Waals surface area contributed by atoms with Gasteiger partial charge in [0, 0.05) is 30.3 Å². The number of nitrogens with zero attached hydrogens (tertiary/aromatic N) is 1. The van der Waals surface area contributed by atoms with Crippen molar-refractivity contribution in [2.75, 3.05) is 7.05 Å². The Morgan fingerprint density at radius 2 is 1.56 bits per heavy atom. The van der Waals surface area contributed by atoms with E-state index in [1.165, 1.54) is 37.4 Å². The number of aliphatic hydroxyl groups excluding tert-OH is 1. The lowest BCUT2D eigenvalue weighted by atomic mass is 10.0. The molecule has 1 aliphatic heterocycles. The quantitative estimate of drug-likeness (QED) is 0.583. The Bertz CT molecular complexity index is 1350. The number of nitrogens with one attached hydrogen (secondary N) is 1. The van der Waals surface area contributed by atoms with E-state index in [-0.39, 0.29) is 33.2 Å². The molecule has 2 N–H and O–H groups in total. The van der Waals surface area contributed by atoms with Gasteiger partial charge in [-0.05, 0) is 29.8 Å². The molecule has 1 heterocycles. The molecule has 0 saturated carbocycles. The average molecular weight is 449 g/mol. The number of likely N-dealkylation sites (N-methyl/N-ethyl adjacent to an activating group) is 1. The fraction of sp³-hybridized carbons (Fsp3) is 0.0833. The van der Waals surface area contributed by atoms with Gasteiger partial charge >= 0.3 is 0 Å². The molecule has 0 saturated heterocycles. The fourth-order valence-electron chi connectivity index (χ4n) is 3.50. The summed E-state index contributed by atoms with van der Waals surface area (Å²) in [7, 11) is -2.79. The van der Waals surface area contributed by atoms with Crippen LogP contribution in [-0.4, -0.2) is 36.6 Å². The number of hydrogen-bond acceptors (Lipinski definition) is 5. The van der Waals surface area contributed by atoms with Crippen molar-refractivity contribution >= 4 is 27.5 Å². The first-order chi connectivity index (χ1) is 15.3. The molecule has 0 atom stereocenters. The van der Waals surface area contributed by atoms with E-state index in [0.29, 0.717) is 6.54 Å². The van der Waals surface area contributed by atoms with E-state index in [4.69, 9.17) is 0 Å². The molecule has 1 amide bonds. The number of Topliss-reactive ketones (excluding diaryl/α,β-unsaturated/α-hetero) is 1. The van der Waals surface area contributed by atoms with Crippen LogP contribution in [0.15, 0.2) is 89.5 Å². The second-order valence-corrected chi connectivity index (χ2v) is 9.18. The second kappa shape index (κ2) is 8.32. The molecule has 8 heteroatoms. The molecule has 4 rings (SSSR count). The molecular formula is C24H20N2O5S. The molecule has 0 aromatic heterocycles. The lowest BCUT2D eigenvalue weighted by Crippen LogP contribution is -2.35. The first-order valence-electron chi connectivity index (χ1n) is 9.79. The third-order valence-electron chi connectivity index (χ3n) is 5.22. The summed E-state index contributed by atoms with van der Waals surface area (Å²) in [6.07, 6.45) is 0. The molecule has 3 aromatic carbocycles. The van der Waals surface area contributed by atoms with Gasteiger partial charge in [-0.25, -0.2) is 8.42 Å². The number of hydrogen-bond donors (Lipinski definition) is 2. The van der Waals surface area contributed by atoms with Gasteiger partial charge in [0.2, 0.25) is 5.78 Å². The Kier molecular flexibility index (Phi) is 5.54. The molecule has 3 aromatic rings. The number of ketones is 1. The van der Waals surface area contributed by atoms with Gasteiger partial charge in [-0.15, -0.1) is 0 Å². The van der Waals surface area contributed by atoms with Crippen LogP contribution in [0, 0.1) is 0 Å². The maximum absolute atomic E-state index is 13.2. The number of amides is 1. The minimum absolute atomic E-state index is 0.0608. The molecule has 0 fully saturated rings. The van der Waals surface area contributed by atoms with Crippen molar-refractivity contribution in [3.63, 3.8) is 0 Å². The van der Waals surface area contributed by atoms with E-state index in [1.807, 2.05) is 30.3 Å². The average Bonchev–Trinajstić information content (AvgIpc) is 2.82. The number of aliphatic hydroxyl groups is 1. The molecule has 7 nitrogen and oxygen atoms in total. The maximum Gasteiger partial charge on any atom is 0.265 e. The third-order valence-corrected chi connectivity index (χ3v) is 7.03. The molecule has 0 radical (unpaired) electrons. The number of carbonyl (C=O) groups is 2. The van der Waals surface area contributed by atoms with Crippen LogP contribution in [0.2, 0.25) is 0 Å². The minimum Gasteiger partial charge on any atom is -0.505 e. The van der Waals surface area contributed by atoms with Crippen molar-refractivity contribution in [3.8, 4) is 0 Å². The zero-order valence-electron chi connectivity index (χ0n) is 17.1. The SMILES string of the molecule is CN1C(C(=O)c2cccc(C(=O)NCc3ccccc3)c2)=C(O)c2ccccc2S1(=O)=O. The molecule has 1 aliphatic rings. The van der Waals surface area contributed by atoms with Crippen LogP contribution in [-0.2, 0) is 16.6 Å². The summed E-state index contributed by atoms with van der Waals surface area (Å²) >= 11 is 0. The topological polar surface area (TPSA) is 104 Å². The van der Waals surface area contributed by atoms with Gasteiger partial charge in [0.1, 0.15) is 5.70 Å². The zero-order valence-corrected chi connectivity index (χ0v) is 18.0. The van der Waals surface area contributed by atoms with Crippen LogP contribution in [0.3, 0.4) is 0 Å². The standard InChI is InChI=1S/C24H20N2O5S/c1-26-21(23(28)19-12-5-6-13-20(19)32(26,30)31)22(27)17-10-7-11-18(14-17)24(29)25-15-16-8-3-2-4-9-16/h2-14,28H,15H2,1H3,(H,25,29). The molecule has 0 bridgehead atoms. The number of carbonyl (C=O) groups excluding carboxylic acids is 2. The fourth-order valence-corrected chi connectivity index (χ4v) is 4.90. The van der Waals surface area contributed by atoms with E-state index < -0.39 is 21.6 Å². The molecule has 32 heavy (non-hydrogen) atoms. The van der Waals surface area contributed by atoms with Crippen LogP contribution in [0.5, 0.6) is 0 Å². The van der Waals surface area contributed by atoms with E-state index in [9.17, 15) is 23.1 Å². The van der Waals surface area contributed by atoms with Gasteiger partial charge in [0.05, 0.1) is 4.90 Å². The molecule has 162 valence electrons. The van der Waals surface area contributed by atoms with Gasteiger partial charge in [-0.2, -0.15) is 0 Å². The number of fused-ring (bicyclic) bond motifs is 1. The van der Waals surface area contributed by atoms with Crippen molar-refractivity contribution in [2.45, 2.75) is 11.4 Å². The Labute approximate surface area is 185 Å². The van der Waals surface area contributed by atoms with Crippen LogP contribution in [0.4, 0.5) is 0 Å². The zero-order chi connectivity index (χ0) is 22.9. The van der Waals surface area contributed by atoms with Gasteiger partial charge in [-0.1, -0.05) is 54.6 Å². The summed E-state index contributed by atoms with van der Waals surface area (Å²) in [5, 5.41) is 13.5. The van der Waals surface area contributed by atoms with E-state index in [2.05, 4.69) is 5.32 Å². The first-order valence-corrected chi connectivity index (χ1v) is 11.2. The summed E-state index contributed by atoms with van der Waals surface area (Å²) < 4.78 is 26.5. The smallest absolute Gasteiger partial charge is 0.265 e. The lowest BCUT2D eigenvalue weighted by molar-refractivity contribution is 0.0951. The summed E-state index contributed by atoms with van der Waals surface area (Å²) in [6.45, 7) is 0.321. The molecule has 0 aliphatic carbocycles. The molecule has 0 spiro atoms. The largest absolute Gasteiger partial charge is 0.505 e. The number of benzene rings is 3. The molecule has 0 unspecified atom stereocenters. The lowest BCUT2D eigenvalue weighted by Gasteiger charge is -2.28. The van der Waals surface area contributed by atoms with Crippen LogP contribution >= 0.6 is 0 Å². The monoisotopic (exact) mass is 448 g/mol. The highest BCUT2D eigenvalue weighted by molar-refractivity contribution is 7.89. The first kappa shape index (κ1) is 21.3. The number of allylic oxidation sites excluding steroid dienone is 1. The van der Waals surface area contributed by atoms with Crippen molar-refractivity contribution < 1.29 is 23.1 Å². The highest BCUT2D eigenvalue weighted by Gasteiger charge is 2.38. The summed E-state index contributed by atoms with van der Waals surface area (Å²) in [6, 6.07) is 21.3.